The molecule has 6 nitrogen and oxygen atoms in total. The molecule has 0 aliphatic carbocycles. The number of carbonyl (C=O) groups is 2. The summed E-state index contributed by atoms with van der Waals surface area (Å²) >= 11 is 6.24. The van der Waals surface area contributed by atoms with E-state index < -0.39 is 12.1 Å². The quantitative estimate of drug-likeness (QED) is 0.403. The molecule has 0 bridgehead atoms. The minimum Gasteiger partial charge on any atom is -0.343 e. The molecule has 3 aromatic carbocycles. The van der Waals surface area contributed by atoms with Crippen LogP contribution in [0.1, 0.15) is 48.3 Å². The highest BCUT2D eigenvalue weighted by Gasteiger charge is 2.40. The third-order valence-electron chi connectivity index (χ3n) is 8.34. The first-order valence-electron chi connectivity index (χ1n) is 14.3. The molecule has 0 radical (unpaired) electrons. The van der Waals surface area contributed by atoms with Gasteiger partial charge in [-0.25, -0.2) is 0 Å². The molecular weight excluding hydrogens is 520 g/mol. The molecule has 0 aromatic heterocycles. The van der Waals surface area contributed by atoms with E-state index in [4.69, 9.17) is 17.3 Å². The summed E-state index contributed by atoms with van der Waals surface area (Å²) in [5.41, 5.74) is 9.41. The van der Waals surface area contributed by atoms with Gasteiger partial charge >= 0.3 is 0 Å². The number of rotatable bonds is 9. The standard InChI is InChI=1S/C33H39ClN4O2/c1-23(35)32(39)36-31(18-24-9-8-14-29(34)17-24)33(40)38-21-28(26-12-6-3-7-13-26)19-30(38)22-37-16-15-27(20-37)25-10-4-2-5-11-25/h2-14,17,23,27-28,30-31H,15-16,18-22,35H2,1H3,(H,36,39)/t23-,27+,28-,30-,31-/m0/s1. The normalized spacial score (nSPS) is 22.7. The van der Waals surface area contributed by atoms with Crippen LogP contribution in [-0.2, 0) is 16.0 Å². The summed E-state index contributed by atoms with van der Waals surface area (Å²) in [7, 11) is 0. The fraction of sp³-hybridized carbons (Fsp3) is 0.394. The molecule has 0 spiro atoms. The molecule has 0 unspecified atom stereocenters. The van der Waals surface area contributed by atoms with E-state index in [0.29, 0.717) is 23.9 Å². The van der Waals surface area contributed by atoms with Gasteiger partial charge in [0.15, 0.2) is 0 Å². The van der Waals surface area contributed by atoms with Crippen LogP contribution in [0.15, 0.2) is 84.9 Å². The summed E-state index contributed by atoms with van der Waals surface area (Å²) < 4.78 is 0. The fourth-order valence-electron chi connectivity index (χ4n) is 6.22. The zero-order valence-corrected chi connectivity index (χ0v) is 23.8. The van der Waals surface area contributed by atoms with Crippen LogP contribution in [0.25, 0.3) is 0 Å². The van der Waals surface area contributed by atoms with Gasteiger partial charge in [0, 0.05) is 43.0 Å². The molecule has 2 amide bonds. The smallest absolute Gasteiger partial charge is 0.245 e. The van der Waals surface area contributed by atoms with Crippen LogP contribution in [0.3, 0.4) is 0 Å². The van der Waals surface area contributed by atoms with Crippen molar-refractivity contribution < 1.29 is 9.59 Å². The highest BCUT2D eigenvalue weighted by atomic mass is 35.5. The highest BCUT2D eigenvalue weighted by molar-refractivity contribution is 6.30. The van der Waals surface area contributed by atoms with Crippen LogP contribution >= 0.6 is 11.6 Å². The second kappa shape index (κ2) is 13.0. The van der Waals surface area contributed by atoms with E-state index in [1.807, 2.05) is 35.2 Å². The molecule has 2 aliphatic heterocycles. The van der Waals surface area contributed by atoms with Crippen molar-refractivity contribution in [3.8, 4) is 0 Å². The van der Waals surface area contributed by atoms with Crippen LogP contribution in [0, 0.1) is 0 Å². The number of benzene rings is 3. The lowest BCUT2D eigenvalue weighted by atomic mass is 9.96. The van der Waals surface area contributed by atoms with E-state index >= 15 is 0 Å². The maximum absolute atomic E-state index is 14.3. The topological polar surface area (TPSA) is 78.7 Å². The van der Waals surface area contributed by atoms with Crippen LogP contribution < -0.4 is 11.1 Å². The predicted octanol–water partition coefficient (Wildman–Crippen LogP) is 4.59. The molecule has 7 heteroatoms. The monoisotopic (exact) mass is 558 g/mol. The van der Waals surface area contributed by atoms with Gasteiger partial charge in [0.05, 0.1) is 6.04 Å². The summed E-state index contributed by atoms with van der Waals surface area (Å²) in [6.07, 6.45) is 2.37. The number of hydrogen-bond donors (Lipinski definition) is 2. The molecule has 210 valence electrons. The van der Waals surface area contributed by atoms with E-state index in [9.17, 15) is 9.59 Å². The lowest BCUT2D eigenvalue weighted by Gasteiger charge is -2.32. The van der Waals surface area contributed by atoms with Crippen LogP contribution in [-0.4, -0.2) is 65.9 Å². The number of nitrogens with two attached hydrogens (primary N) is 1. The summed E-state index contributed by atoms with van der Waals surface area (Å²) in [6, 6.07) is 27.2. The first kappa shape index (κ1) is 28.3. The maximum atomic E-state index is 14.3. The number of nitrogens with zero attached hydrogens (tertiary/aromatic N) is 2. The predicted molar refractivity (Wildman–Crippen MR) is 160 cm³/mol. The molecule has 40 heavy (non-hydrogen) atoms. The van der Waals surface area contributed by atoms with E-state index in [-0.39, 0.29) is 23.8 Å². The molecule has 5 atom stereocenters. The van der Waals surface area contributed by atoms with Gasteiger partial charge in [0.25, 0.3) is 0 Å². The number of nitrogens with one attached hydrogen (secondary N) is 1. The van der Waals surface area contributed by atoms with Crippen molar-refractivity contribution in [1.29, 1.82) is 0 Å². The summed E-state index contributed by atoms with van der Waals surface area (Å²) in [4.78, 5) is 31.5. The van der Waals surface area contributed by atoms with E-state index in [2.05, 4.69) is 64.8 Å². The Morgan fingerprint density at radius 3 is 2.27 bits per heavy atom. The largest absolute Gasteiger partial charge is 0.343 e. The fourth-order valence-corrected chi connectivity index (χ4v) is 6.44. The Bertz CT molecular complexity index is 1290. The molecule has 3 N–H and O–H groups in total. The van der Waals surface area contributed by atoms with Gasteiger partial charge in [0.1, 0.15) is 6.04 Å². The van der Waals surface area contributed by atoms with Gasteiger partial charge in [-0.05, 0) is 61.1 Å². The zero-order valence-electron chi connectivity index (χ0n) is 23.1. The number of halogens is 1. The lowest BCUT2D eigenvalue weighted by Crippen LogP contribution is -2.55. The number of likely N-dealkylation sites (tertiary alicyclic amines) is 2. The minimum absolute atomic E-state index is 0.0568. The number of hydrogen-bond acceptors (Lipinski definition) is 4. The summed E-state index contributed by atoms with van der Waals surface area (Å²) in [5, 5.41) is 3.55. The maximum Gasteiger partial charge on any atom is 0.245 e. The Hall–Kier alpha value is -3.19. The van der Waals surface area contributed by atoms with Crippen molar-refractivity contribution in [2.24, 2.45) is 5.73 Å². The molecule has 5 rings (SSSR count). The molecule has 0 saturated carbocycles. The third-order valence-corrected chi connectivity index (χ3v) is 8.57. The average molecular weight is 559 g/mol. The Morgan fingerprint density at radius 1 is 0.950 bits per heavy atom. The van der Waals surface area contributed by atoms with Crippen molar-refractivity contribution in [3.63, 3.8) is 0 Å². The summed E-state index contributed by atoms with van der Waals surface area (Å²) in [5.74, 6) is 0.369. The Balaban J connectivity index is 1.37. The highest BCUT2D eigenvalue weighted by Crippen LogP contribution is 2.35. The van der Waals surface area contributed by atoms with Crippen molar-refractivity contribution in [1.82, 2.24) is 15.1 Å². The van der Waals surface area contributed by atoms with Gasteiger partial charge in [-0.3, -0.25) is 9.59 Å². The van der Waals surface area contributed by atoms with E-state index in [1.165, 1.54) is 11.1 Å². The van der Waals surface area contributed by atoms with Gasteiger partial charge in [0.2, 0.25) is 11.8 Å². The molecule has 2 heterocycles. The second-order valence-corrected chi connectivity index (χ2v) is 11.8. The SMILES string of the molecule is C[C@H](N)C(=O)N[C@@H](Cc1cccc(Cl)c1)C(=O)N1C[C@@H](c2ccccc2)C[C@H]1CN1CC[C@@H](c2ccccc2)C1. The Morgan fingerprint density at radius 2 is 1.62 bits per heavy atom. The van der Waals surface area contributed by atoms with Crippen molar-refractivity contribution in [2.75, 3.05) is 26.2 Å². The molecular formula is C33H39ClN4O2. The Kier molecular flexibility index (Phi) is 9.20. The van der Waals surface area contributed by atoms with Gasteiger partial charge < -0.3 is 20.9 Å². The first-order valence-corrected chi connectivity index (χ1v) is 14.7. The molecule has 2 saturated heterocycles. The van der Waals surface area contributed by atoms with E-state index in [0.717, 1.165) is 38.0 Å². The lowest BCUT2D eigenvalue weighted by molar-refractivity contribution is -0.137. The van der Waals surface area contributed by atoms with Gasteiger partial charge in [-0.1, -0.05) is 84.4 Å². The van der Waals surface area contributed by atoms with Crippen LogP contribution in [0.2, 0.25) is 5.02 Å². The minimum atomic E-state index is -0.718. The van der Waals surface area contributed by atoms with Crippen LogP contribution in [0.4, 0.5) is 0 Å². The second-order valence-electron chi connectivity index (χ2n) is 11.3. The zero-order chi connectivity index (χ0) is 28.1. The van der Waals surface area contributed by atoms with E-state index in [1.54, 1.807) is 6.92 Å². The average Bonchev–Trinajstić information content (AvgIpc) is 3.61. The molecule has 3 aromatic rings. The van der Waals surface area contributed by atoms with Gasteiger partial charge in [-0.2, -0.15) is 0 Å². The molecule has 2 fully saturated rings. The first-order chi connectivity index (χ1) is 19.4. The van der Waals surface area contributed by atoms with Crippen LogP contribution in [0.5, 0.6) is 0 Å². The van der Waals surface area contributed by atoms with Crippen molar-refractivity contribution in [3.05, 3.63) is 107 Å². The third kappa shape index (κ3) is 6.92. The number of amides is 2. The summed E-state index contributed by atoms with van der Waals surface area (Å²) in [6.45, 7) is 5.09. The van der Waals surface area contributed by atoms with Crippen molar-refractivity contribution >= 4 is 23.4 Å². The Labute approximate surface area is 242 Å². The number of carbonyl (C=O) groups excluding carboxylic acids is 2. The van der Waals surface area contributed by atoms with Gasteiger partial charge in [-0.15, -0.1) is 0 Å². The van der Waals surface area contributed by atoms with Crippen molar-refractivity contribution in [2.45, 2.75) is 56.1 Å². The molecule has 2 aliphatic rings.